The van der Waals surface area contributed by atoms with Crippen molar-refractivity contribution in [3.63, 3.8) is 0 Å². The fraction of sp³-hybridized carbons (Fsp3) is 0.562. The Hall–Kier alpha value is -1.31. The van der Waals surface area contributed by atoms with Crippen LogP contribution in [0.4, 0.5) is 0 Å². The Morgan fingerprint density at radius 2 is 1.50 bits per heavy atom. The van der Waals surface area contributed by atoms with Crippen LogP contribution in [0, 0.1) is 0 Å². The van der Waals surface area contributed by atoms with E-state index in [4.69, 9.17) is 5.11 Å². The predicted molar refractivity (Wildman–Crippen MR) is 77.7 cm³/mol. The molecule has 18 heavy (non-hydrogen) atoms. The van der Waals surface area contributed by atoms with Crippen LogP contribution in [-0.2, 0) is 4.79 Å². The van der Waals surface area contributed by atoms with Gasteiger partial charge in [0.1, 0.15) is 0 Å². The summed E-state index contributed by atoms with van der Waals surface area (Å²) in [6, 6.07) is 0. The molecule has 0 bridgehead atoms. The molecule has 0 spiro atoms. The summed E-state index contributed by atoms with van der Waals surface area (Å²) < 4.78 is 0. The predicted octanol–water partition coefficient (Wildman–Crippen LogP) is 4.88. The average molecular weight is 250 g/mol. The highest BCUT2D eigenvalue weighted by molar-refractivity contribution is 5.66. The molecule has 0 aliphatic carbocycles. The van der Waals surface area contributed by atoms with Gasteiger partial charge in [-0.05, 0) is 32.1 Å². The van der Waals surface area contributed by atoms with E-state index < -0.39 is 5.97 Å². The maximum absolute atomic E-state index is 10.2. The number of aliphatic carboxylic acids is 1. The van der Waals surface area contributed by atoms with E-state index in [-0.39, 0.29) is 6.42 Å². The van der Waals surface area contributed by atoms with E-state index >= 15 is 0 Å². The largest absolute Gasteiger partial charge is 0.481 e. The van der Waals surface area contributed by atoms with Gasteiger partial charge in [0.2, 0.25) is 0 Å². The number of allylic oxidation sites excluding steroid dienone is 6. The molecule has 2 heteroatoms. The molecule has 0 saturated carbocycles. The van der Waals surface area contributed by atoms with E-state index in [2.05, 4.69) is 25.2 Å². The zero-order chi connectivity index (χ0) is 13.5. The van der Waals surface area contributed by atoms with Crippen LogP contribution in [0.3, 0.4) is 0 Å². The van der Waals surface area contributed by atoms with Crippen molar-refractivity contribution in [2.45, 2.75) is 58.3 Å². The first-order valence-corrected chi connectivity index (χ1v) is 6.95. The SMILES string of the molecule is CCCCCC=CCCC=CC=CCCC(=O)O. The van der Waals surface area contributed by atoms with Crippen LogP contribution in [0.25, 0.3) is 0 Å². The zero-order valence-electron chi connectivity index (χ0n) is 11.5. The second kappa shape index (κ2) is 13.8. The summed E-state index contributed by atoms with van der Waals surface area (Å²) >= 11 is 0. The van der Waals surface area contributed by atoms with Gasteiger partial charge in [-0.25, -0.2) is 0 Å². The van der Waals surface area contributed by atoms with Crippen molar-refractivity contribution < 1.29 is 9.90 Å². The minimum absolute atomic E-state index is 0.213. The number of hydrogen-bond acceptors (Lipinski definition) is 1. The minimum atomic E-state index is -0.739. The molecule has 0 radical (unpaired) electrons. The molecule has 102 valence electrons. The Bertz CT molecular complexity index is 275. The standard InChI is InChI=1S/C16H26O2/c1-2-3-4-5-6-7-8-9-10-11-12-13-14-15-16(17)18/h6-7,10-13H,2-5,8-9,14-15H2,1H3,(H,17,18). The first-order chi connectivity index (χ1) is 8.77. The van der Waals surface area contributed by atoms with Crippen LogP contribution in [0.1, 0.15) is 58.3 Å². The molecule has 2 nitrogen and oxygen atoms in total. The van der Waals surface area contributed by atoms with Crippen molar-refractivity contribution in [2.75, 3.05) is 0 Å². The molecule has 0 aliphatic rings. The van der Waals surface area contributed by atoms with Crippen molar-refractivity contribution in [1.29, 1.82) is 0 Å². The summed E-state index contributed by atoms with van der Waals surface area (Å²) in [5, 5.41) is 8.43. The summed E-state index contributed by atoms with van der Waals surface area (Å²) in [7, 11) is 0. The van der Waals surface area contributed by atoms with Gasteiger partial charge < -0.3 is 5.11 Å². The Morgan fingerprint density at radius 3 is 2.17 bits per heavy atom. The highest BCUT2D eigenvalue weighted by Gasteiger charge is 1.90. The highest BCUT2D eigenvalue weighted by Crippen LogP contribution is 2.01. The lowest BCUT2D eigenvalue weighted by Crippen LogP contribution is -1.91. The molecule has 0 aromatic heterocycles. The number of unbranched alkanes of at least 4 members (excludes halogenated alkanes) is 4. The molecule has 0 saturated heterocycles. The fourth-order valence-corrected chi connectivity index (χ4v) is 1.50. The summed E-state index contributed by atoms with van der Waals surface area (Å²) in [5.74, 6) is -0.739. The van der Waals surface area contributed by atoms with Crippen molar-refractivity contribution in [1.82, 2.24) is 0 Å². The summed E-state index contributed by atoms with van der Waals surface area (Å²) in [6.07, 6.45) is 20.5. The molecule has 0 unspecified atom stereocenters. The number of rotatable bonds is 11. The van der Waals surface area contributed by atoms with Crippen LogP contribution in [0.5, 0.6) is 0 Å². The van der Waals surface area contributed by atoms with E-state index in [1.807, 2.05) is 18.2 Å². The van der Waals surface area contributed by atoms with E-state index in [1.165, 1.54) is 25.7 Å². The second-order valence-corrected chi connectivity index (χ2v) is 4.33. The summed E-state index contributed by atoms with van der Waals surface area (Å²) in [5.41, 5.74) is 0. The molecule has 1 N–H and O–H groups in total. The first kappa shape index (κ1) is 16.7. The Labute approximate surface area is 111 Å². The van der Waals surface area contributed by atoms with Gasteiger partial charge in [-0.2, -0.15) is 0 Å². The van der Waals surface area contributed by atoms with Gasteiger partial charge >= 0.3 is 5.97 Å². The zero-order valence-corrected chi connectivity index (χ0v) is 11.5. The third kappa shape index (κ3) is 14.7. The van der Waals surface area contributed by atoms with Crippen LogP contribution < -0.4 is 0 Å². The lowest BCUT2D eigenvalue weighted by Gasteiger charge is -1.91. The van der Waals surface area contributed by atoms with Crippen molar-refractivity contribution in [3.8, 4) is 0 Å². The third-order valence-electron chi connectivity index (χ3n) is 2.55. The van der Waals surface area contributed by atoms with Gasteiger partial charge in [0.25, 0.3) is 0 Å². The molecular formula is C16H26O2. The monoisotopic (exact) mass is 250 g/mol. The van der Waals surface area contributed by atoms with E-state index in [0.29, 0.717) is 6.42 Å². The Morgan fingerprint density at radius 1 is 0.889 bits per heavy atom. The minimum Gasteiger partial charge on any atom is -0.481 e. The molecule has 0 atom stereocenters. The Kier molecular flexibility index (Phi) is 12.8. The topological polar surface area (TPSA) is 37.3 Å². The molecule has 0 fully saturated rings. The number of carboxylic acid groups (broad SMARTS) is 1. The van der Waals surface area contributed by atoms with Gasteiger partial charge in [-0.3, -0.25) is 4.79 Å². The van der Waals surface area contributed by atoms with Crippen molar-refractivity contribution in [2.24, 2.45) is 0 Å². The fourth-order valence-electron chi connectivity index (χ4n) is 1.50. The second-order valence-electron chi connectivity index (χ2n) is 4.33. The molecule has 0 aromatic carbocycles. The van der Waals surface area contributed by atoms with Gasteiger partial charge in [-0.15, -0.1) is 0 Å². The van der Waals surface area contributed by atoms with Crippen molar-refractivity contribution >= 4 is 5.97 Å². The molecular weight excluding hydrogens is 224 g/mol. The number of carboxylic acids is 1. The maximum atomic E-state index is 10.2. The lowest BCUT2D eigenvalue weighted by atomic mass is 10.2. The average Bonchev–Trinajstić information content (AvgIpc) is 2.34. The first-order valence-electron chi connectivity index (χ1n) is 6.95. The summed E-state index contributed by atoms with van der Waals surface area (Å²) in [4.78, 5) is 10.2. The molecule has 0 aliphatic heterocycles. The van der Waals surface area contributed by atoms with Gasteiger partial charge in [0.05, 0.1) is 0 Å². The number of hydrogen-bond donors (Lipinski definition) is 1. The summed E-state index contributed by atoms with van der Waals surface area (Å²) in [6.45, 7) is 2.22. The number of carbonyl (C=O) groups is 1. The molecule has 0 heterocycles. The van der Waals surface area contributed by atoms with Crippen LogP contribution in [0.15, 0.2) is 36.5 Å². The smallest absolute Gasteiger partial charge is 0.303 e. The van der Waals surface area contributed by atoms with E-state index in [0.717, 1.165) is 12.8 Å². The van der Waals surface area contributed by atoms with Crippen LogP contribution in [-0.4, -0.2) is 11.1 Å². The van der Waals surface area contributed by atoms with E-state index in [1.54, 1.807) is 0 Å². The van der Waals surface area contributed by atoms with Crippen molar-refractivity contribution in [3.05, 3.63) is 36.5 Å². The van der Waals surface area contributed by atoms with Gasteiger partial charge in [0.15, 0.2) is 0 Å². The Balaban J connectivity index is 3.34. The molecule has 0 rings (SSSR count). The van der Waals surface area contributed by atoms with E-state index in [9.17, 15) is 4.79 Å². The maximum Gasteiger partial charge on any atom is 0.303 e. The molecule has 0 amide bonds. The van der Waals surface area contributed by atoms with Crippen LogP contribution >= 0.6 is 0 Å². The highest BCUT2D eigenvalue weighted by atomic mass is 16.4. The molecule has 0 aromatic rings. The lowest BCUT2D eigenvalue weighted by molar-refractivity contribution is -0.136. The third-order valence-corrected chi connectivity index (χ3v) is 2.55. The van der Waals surface area contributed by atoms with Gasteiger partial charge in [-0.1, -0.05) is 56.2 Å². The quantitative estimate of drug-likeness (QED) is 0.322. The van der Waals surface area contributed by atoms with Gasteiger partial charge in [0, 0.05) is 6.42 Å². The van der Waals surface area contributed by atoms with Crippen LogP contribution in [0.2, 0.25) is 0 Å². The normalized spacial score (nSPS) is 12.1.